The largest absolute Gasteiger partial charge is 0.486 e. The predicted molar refractivity (Wildman–Crippen MR) is 119 cm³/mol. The predicted octanol–water partition coefficient (Wildman–Crippen LogP) is 4.23. The molecule has 1 aromatic heterocycles. The summed E-state index contributed by atoms with van der Waals surface area (Å²) in [4.78, 5) is 22.0. The van der Waals surface area contributed by atoms with Crippen molar-refractivity contribution in [3.05, 3.63) is 71.6 Å². The summed E-state index contributed by atoms with van der Waals surface area (Å²) in [6, 6.07) is 13.8. The standard InChI is InChI=1S/C25H31N3O2/c1-20-7-5-8-22(26-20)19-27-15-6-16-28(18-17-27)25(29)21-11-13-24(14-12-21)30-23-9-3-2-4-10-23/h3,5,7-9,11-14,23H,2,4,6,10,15-19H2,1H3. The maximum Gasteiger partial charge on any atom is 0.253 e. The molecule has 0 saturated carbocycles. The van der Waals surface area contributed by atoms with Crippen molar-refractivity contribution < 1.29 is 9.53 Å². The number of hydrogen-bond donors (Lipinski definition) is 0. The van der Waals surface area contributed by atoms with Gasteiger partial charge in [-0.15, -0.1) is 0 Å². The summed E-state index contributed by atoms with van der Waals surface area (Å²) in [6.45, 7) is 6.26. The minimum atomic E-state index is 0.106. The Morgan fingerprint density at radius 2 is 1.93 bits per heavy atom. The van der Waals surface area contributed by atoms with Crippen molar-refractivity contribution in [1.82, 2.24) is 14.8 Å². The molecule has 4 rings (SSSR count). The third-order valence-corrected chi connectivity index (χ3v) is 5.81. The van der Waals surface area contributed by atoms with Crippen LogP contribution in [0.5, 0.6) is 5.75 Å². The average molecular weight is 406 g/mol. The SMILES string of the molecule is Cc1cccc(CN2CCCN(C(=O)c3ccc(OC4C=CCCC4)cc3)CC2)n1. The van der Waals surface area contributed by atoms with E-state index in [-0.39, 0.29) is 12.0 Å². The molecule has 1 saturated heterocycles. The van der Waals surface area contributed by atoms with Crippen LogP contribution in [0.25, 0.3) is 0 Å². The molecule has 1 unspecified atom stereocenters. The van der Waals surface area contributed by atoms with Crippen molar-refractivity contribution in [2.45, 2.75) is 45.3 Å². The van der Waals surface area contributed by atoms with Gasteiger partial charge in [-0.3, -0.25) is 14.7 Å². The molecular formula is C25H31N3O2. The number of allylic oxidation sites excluding steroid dienone is 1. The van der Waals surface area contributed by atoms with Gasteiger partial charge in [-0.2, -0.15) is 0 Å². The molecule has 1 atom stereocenters. The molecule has 0 bridgehead atoms. The van der Waals surface area contributed by atoms with Crippen LogP contribution in [0.4, 0.5) is 0 Å². The number of pyridine rings is 1. The first kappa shape index (κ1) is 20.6. The maximum atomic E-state index is 13.0. The van der Waals surface area contributed by atoms with E-state index in [4.69, 9.17) is 4.74 Å². The van der Waals surface area contributed by atoms with Crippen LogP contribution in [0.3, 0.4) is 0 Å². The number of rotatable bonds is 5. The number of ether oxygens (including phenoxy) is 1. The first-order valence-electron chi connectivity index (χ1n) is 11.0. The van der Waals surface area contributed by atoms with Crippen LogP contribution < -0.4 is 4.74 Å². The summed E-state index contributed by atoms with van der Waals surface area (Å²) in [5.74, 6) is 0.936. The molecule has 30 heavy (non-hydrogen) atoms. The highest BCUT2D eigenvalue weighted by atomic mass is 16.5. The van der Waals surface area contributed by atoms with Crippen LogP contribution in [0, 0.1) is 6.92 Å². The summed E-state index contributed by atoms with van der Waals surface area (Å²) >= 11 is 0. The van der Waals surface area contributed by atoms with Gasteiger partial charge >= 0.3 is 0 Å². The number of amides is 1. The average Bonchev–Trinajstić information content (AvgIpc) is 3.00. The van der Waals surface area contributed by atoms with Gasteiger partial charge < -0.3 is 9.64 Å². The highest BCUT2D eigenvalue weighted by Gasteiger charge is 2.21. The molecule has 5 nitrogen and oxygen atoms in total. The Balaban J connectivity index is 1.32. The molecule has 0 N–H and O–H groups in total. The van der Waals surface area contributed by atoms with Gasteiger partial charge in [0.15, 0.2) is 0 Å². The van der Waals surface area contributed by atoms with Gasteiger partial charge in [0, 0.05) is 44.0 Å². The summed E-state index contributed by atoms with van der Waals surface area (Å²) in [5, 5.41) is 0. The Labute approximate surface area is 179 Å². The molecule has 1 aliphatic carbocycles. The topological polar surface area (TPSA) is 45.7 Å². The van der Waals surface area contributed by atoms with Crippen LogP contribution >= 0.6 is 0 Å². The maximum absolute atomic E-state index is 13.0. The van der Waals surface area contributed by atoms with Crippen LogP contribution in [-0.4, -0.2) is 53.0 Å². The monoisotopic (exact) mass is 405 g/mol. The normalized spacial score (nSPS) is 20.0. The smallest absolute Gasteiger partial charge is 0.253 e. The van der Waals surface area contributed by atoms with Crippen LogP contribution in [0.2, 0.25) is 0 Å². The van der Waals surface area contributed by atoms with Crippen molar-refractivity contribution >= 4 is 5.91 Å². The number of carbonyl (C=O) groups excluding carboxylic acids is 1. The molecule has 2 aliphatic rings. The molecular weight excluding hydrogens is 374 g/mol. The Morgan fingerprint density at radius 1 is 1.07 bits per heavy atom. The zero-order valence-electron chi connectivity index (χ0n) is 17.8. The lowest BCUT2D eigenvalue weighted by Gasteiger charge is -2.22. The van der Waals surface area contributed by atoms with E-state index in [0.717, 1.165) is 74.7 Å². The third kappa shape index (κ3) is 5.48. The van der Waals surface area contributed by atoms with E-state index in [1.807, 2.05) is 42.2 Å². The zero-order chi connectivity index (χ0) is 20.8. The van der Waals surface area contributed by atoms with Gasteiger partial charge in [0.05, 0.1) is 5.69 Å². The van der Waals surface area contributed by atoms with Crippen LogP contribution in [0.1, 0.15) is 47.4 Å². The summed E-state index contributed by atoms with van der Waals surface area (Å²) in [7, 11) is 0. The fourth-order valence-electron chi connectivity index (χ4n) is 4.16. The lowest BCUT2D eigenvalue weighted by atomic mass is 10.1. The first-order chi connectivity index (χ1) is 14.7. The first-order valence-corrected chi connectivity index (χ1v) is 11.0. The van der Waals surface area contributed by atoms with Crippen LogP contribution in [-0.2, 0) is 6.54 Å². The number of aromatic nitrogens is 1. The molecule has 158 valence electrons. The highest BCUT2D eigenvalue weighted by molar-refractivity contribution is 5.94. The Kier molecular flexibility index (Phi) is 6.80. The highest BCUT2D eigenvalue weighted by Crippen LogP contribution is 2.20. The van der Waals surface area contributed by atoms with Crippen LogP contribution in [0.15, 0.2) is 54.6 Å². The fraction of sp³-hybridized carbons (Fsp3) is 0.440. The second-order valence-corrected chi connectivity index (χ2v) is 8.23. The van der Waals surface area contributed by atoms with Gasteiger partial charge in [0.1, 0.15) is 11.9 Å². The molecule has 1 aromatic carbocycles. The molecule has 0 radical (unpaired) electrons. The zero-order valence-corrected chi connectivity index (χ0v) is 17.8. The van der Waals surface area contributed by atoms with E-state index < -0.39 is 0 Å². The molecule has 5 heteroatoms. The summed E-state index contributed by atoms with van der Waals surface area (Å²) in [6.07, 6.45) is 8.82. The minimum absolute atomic E-state index is 0.106. The van der Waals surface area contributed by atoms with E-state index in [9.17, 15) is 4.79 Å². The molecule has 2 aromatic rings. The van der Waals surface area contributed by atoms with E-state index in [2.05, 4.69) is 34.2 Å². The van der Waals surface area contributed by atoms with Gasteiger partial charge in [-0.1, -0.05) is 12.1 Å². The van der Waals surface area contributed by atoms with E-state index in [0.29, 0.717) is 0 Å². The molecule has 2 heterocycles. The Hall–Kier alpha value is -2.66. The summed E-state index contributed by atoms with van der Waals surface area (Å²) in [5.41, 5.74) is 2.87. The van der Waals surface area contributed by atoms with Crippen molar-refractivity contribution in [3.63, 3.8) is 0 Å². The third-order valence-electron chi connectivity index (χ3n) is 5.81. The molecule has 1 fully saturated rings. The second kappa shape index (κ2) is 9.90. The van der Waals surface area contributed by atoms with Gasteiger partial charge in [-0.25, -0.2) is 0 Å². The van der Waals surface area contributed by atoms with E-state index >= 15 is 0 Å². The number of nitrogens with zero attached hydrogens (tertiary/aromatic N) is 3. The van der Waals surface area contributed by atoms with Crippen molar-refractivity contribution in [2.24, 2.45) is 0 Å². The molecule has 1 aliphatic heterocycles. The molecule has 1 amide bonds. The van der Waals surface area contributed by atoms with E-state index in [1.54, 1.807) is 0 Å². The number of benzene rings is 1. The van der Waals surface area contributed by atoms with Crippen molar-refractivity contribution in [1.29, 1.82) is 0 Å². The Morgan fingerprint density at radius 3 is 2.70 bits per heavy atom. The lowest BCUT2D eigenvalue weighted by Crippen LogP contribution is -2.35. The quantitative estimate of drug-likeness (QED) is 0.699. The Bertz CT molecular complexity index is 878. The van der Waals surface area contributed by atoms with Gasteiger partial charge in [0.2, 0.25) is 0 Å². The van der Waals surface area contributed by atoms with Gasteiger partial charge in [-0.05, 0) is 75.1 Å². The summed E-state index contributed by atoms with van der Waals surface area (Å²) < 4.78 is 6.01. The van der Waals surface area contributed by atoms with E-state index in [1.165, 1.54) is 6.42 Å². The number of hydrogen-bond acceptors (Lipinski definition) is 4. The molecule has 0 spiro atoms. The fourth-order valence-corrected chi connectivity index (χ4v) is 4.16. The number of carbonyl (C=O) groups is 1. The second-order valence-electron chi connectivity index (χ2n) is 8.23. The van der Waals surface area contributed by atoms with Crippen molar-refractivity contribution in [2.75, 3.05) is 26.2 Å². The number of aryl methyl sites for hydroxylation is 1. The van der Waals surface area contributed by atoms with Gasteiger partial charge in [0.25, 0.3) is 5.91 Å². The lowest BCUT2D eigenvalue weighted by molar-refractivity contribution is 0.0761. The van der Waals surface area contributed by atoms with Crippen molar-refractivity contribution in [3.8, 4) is 5.75 Å². The minimum Gasteiger partial charge on any atom is -0.486 e.